The van der Waals surface area contributed by atoms with E-state index in [-0.39, 0.29) is 18.4 Å². The van der Waals surface area contributed by atoms with Gasteiger partial charge in [-0.25, -0.2) is 19.0 Å². The van der Waals surface area contributed by atoms with E-state index in [0.29, 0.717) is 16.9 Å². The van der Waals surface area contributed by atoms with Crippen molar-refractivity contribution in [3.63, 3.8) is 0 Å². The maximum atomic E-state index is 13.6. The molecule has 0 aliphatic carbocycles. The Bertz CT molecular complexity index is 785. The molecule has 0 bridgehead atoms. The first-order chi connectivity index (χ1) is 10.6. The summed E-state index contributed by atoms with van der Waals surface area (Å²) >= 11 is 0. The number of ether oxygens (including phenoxy) is 1. The average Bonchev–Trinajstić information content (AvgIpc) is 2.98. The Kier molecular flexibility index (Phi) is 3.78. The van der Waals surface area contributed by atoms with E-state index in [9.17, 15) is 4.39 Å². The van der Waals surface area contributed by atoms with Crippen molar-refractivity contribution in [2.45, 2.75) is 20.5 Å². The maximum absolute atomic E-state index is 13.6. The van der Waals surface area contributed by atoms with Crippen LogP contribution < -0.4 is 4.74 Å². The SMILES string of the molecule is Cc1cnc(OCc2cn(-c3cccc(F)c3C)nn2)nc1. The fraction of sp³-hybridized carbons (Fsp3) is 0.200. The van der Waals surface area contributed by atoms with Gasteiger partial charge in [0.2, 0.25) is 0 Å². The first kappa shape index (κ1) is 14.1. The zero-order valence-electron chi connectivity index (χ0n) is 12.2. The van der Waals surface area contributed by atoms with Gasteiger partial charge < -0.3 is 4.74 Å². The molecular formula is C15H14FN5O. The van der Waals surface area contributed by atoms with Crippen LogP contribution in [0.15, 0.2) is 36.8 Å². The van der Waals surface area contributed by atoms with E-state index >= 15 is 0 Å². The van der Waals surface area contributed by atoms with Crippen LogP contribution in [0.1, 0.15) is 16.8 Å². The second-order valence-electron chi connectivity index (χ2n) is 4.87. The normalized spacial score (nSPS) is 10.7. The molecule has 2 aromatic heterocycles. The number of halogens is 1. The summed E-state index contributed by atoms with van der Waals surface area (Å²) in [5, 5.41) is 8.00. The molecule has 22 heavy (non-hydrogen) atoms. The predicted molar refractivity (Wildman–Crippen MR) is 77.2 cm³/mol. The Balaban J connectivity index is 1.74. The fourth-order valence-corrected chi connectivity index (χ4v) is 1.92. The van der Waals surface area contributed by atoms with Crippen LogP contribution >= 0.6 is 0 Å². The number of rotatable bonds is 4. The third-order valence-corrected chi connectivity index (χ3v) is 3.13. The zero-order valence-corrected chi connectivity index (χ0v) is 12.2. The third-order valence-electron chi connectivity index (χ3n) is 3.13. The van der Waals surface area contributed by atoms with Crippen LogP contribution in [-0.4, -0.2) is 25.0 Å². The highest BCUT2D eigenvalue weighted by atomic mass is 19.1. The minimum absolute atomic E-state index is 0.192. The first-order valence-corrected chi connectivity index (χ1v) is 6.71. The molecule has 7 heteroatoms. The van der Waals surface area contributed by atoms with E-state index in [0.717, 1.165) is 5.56 Å². The second-order valence-corrected chi connectivity index (χ2v) is 4.87. The largest absolute Gasteiger partial charge is 0.457 e. The number of hydrogen-bond donors (Lipinski definition) is 0. The van der Waals surface area contributed by atoms with E-state index in [1.165, 1.54) is 10.7 Å². The second kappa shape index (κ2) is 5.88. The van der Waals surface area contributed by atoms with Gasteiger partial charge in [-0.05, 0) is 31.5 Å². The first-order valence-electron chi connectivity index (χ1n) is 6.71. The lowest BCUT2D eigenvalue weighted by atomic mass is 10.2. The Morgan fingerprint density at radius 1 is 1.18 bits per heavy atom. The molecule has 0 amide bonds. The number of aryl methyl sites for hydroxylation is 1. The Hall–Kier alpha value is -2.83. The van der Waals surface area contributed by atoms with Gasteiger partial charge >= 0.3 is 6.01 Å². The van der Waals surface area contributed by atoms with Crippen molar-refractivity contribution in [2.75, 3.05) is 0 Å². The van der Waals surface area contributed by atoms with Gasteiger partial charge in [-0.2, -0.15) is 0 Å². The van der Waals surface area contributed by atoms with Crippen LogP contribution in [0.4, 0.5) is 4.39 Å². The molecular weight excluding hydrogens is 285 g/mol. The monoisotopic (exact) mass is 299 g/mol. The van der Waals surface area contributed by atoms with Gasteiger partial charge in [0.25, 0.3) is 0 Å². The summed E-state index contributed by atoms with van der Waals surface area (Å²) in [6.07, 6.45) is 5.04. The van der Waals surface area contributed by atoms with Gasteiger partial charge in [0.1, 0.15) is 18.1 Å². The minimum Gasteiger partial charge on any atom is -0.457 e. The molecule has 0 aliphatic heterocycles. The highest BCUT2D eigenvalue weighted by Gasteiger charge is 2.09. The summed E-state index contributed by atoms with van der Waals surface area (Å²) in [7, 11) is 0. The molecule has 0 atom stereocenters. The van der Waals surface area contributed by atoms with Crippen LogP contribution in [0.5, 0.6) is 6.01 Å². The van der Waals surface area contributed by atoms with Gasteiger partial charge in [0, 0.05) is 18.0 Å². The summed E-state index contributed by atoms with van der Waals surface area (Å²) < 4.78 is 20.5. The molecule has 3 rings (SSSR count). The Morgan fingerprint density at radius 3 is 2.73 bits per heavy atom. The summed E-state index contributed by atoms with van der Waals surface area (Å²) in [6.45, 7) is 3.79. The molecule has 0 unspecified atom stereocenters. The van der Waals surface area contributed by atoms with Crippen molar-refractivity contribution in [1.82, 2.24) is 25.0 Å². The lowest BCUT2D eigenvalue weighted by Crippen LogP contribution is -2.00. The van der Waals surface area contributed by atoms with E-state index < -0.39 is 0 Å². The molecule has 0 radical (unpaired) electrons. The van der Waals surface area contributed by atoms with Gasteiger partial charge in [-0.15, -0.1) is 5.10 Å². The standard InChI is InChI=1S/C15H14FN5O/c1-10-6-17-15(18-7-10)22-9-12-8-21(20-19-12)14-5-3-4-13(16)11(14)2/h3-8H,9H2,1-2H3. The predicted octanol–water partition coefficient (Wildman–Crippen LogP) is 2.39. The summed E-state index contributed by atoms with van der Waals surface area (Å²) in [5.74, 6) is -0.279. The van der Waals surface area contributed by atoms with E-state index in [1.54, 1.807) is 37.6 Å². The lowest BCUT2D eigenvalue weighted by molar-refractivity contribution is 0.276. The van der Waals surface area contributed by atoms with Gasteiger partial charge in [-0.3, -0.25) is 0 Å². The van der Waals surface area contributed by atoms with Gasteiger partial charge in [0.05, 0.1) is 11.9 Å². The molecule has 0 aliphatic rings. The lowest BCUT2D eigenvalue weighted by Gasteiger charge is -2.05. The van der Waals surface area contributed by atoms with Crippen molar-refractivity contribution < 1.29 is 9.13 Å². The van der Waals surface area contributed by atoms with Crippen LogP contribution in [-0.2, 0) is 6.61 Å². The zero-order chi connectivity index (χ0) is 15.5. The summed E-state index contributed by atoms with van der Waals surface area (Å²) in [4.78, 5) is 8.09. The van der Waals surface area contributed by atoms with Crippen LogP contribution in [0.25, 0.3) is 5.69 Å². The maximum Gasteiger partial charge on any atom is 0.316 e. The van der Waals surface area contributed by atoms with Gasteiger partial charge in [0.15, 0.2) is 0 Å². The number of aromatic nitrogens is 5. The van der Waals surface area contributed by atoms with Crippen LogP contribution in [0, 0.1) is 19.7 Å². The number of hydrogen-bond acceptors (Lipinski definition) is 5. The number of benzene rings is 1. The molecule has 0 saturated heterocycles. The topological polar surface area (TPSA) is 65.7 Å². The third kappa shape index (κ3) is 2.93. The average molecular weight is 299 g/mol. The minimum atomic E-state index is -0.279. The molecule has 0 N–H and O–H groups in total. The molecule has 2 heterocycles. The molecule has 112 valence electrons. The molecule has 0 saturated carbocycles. The van der Waals surface area contributed by atoms with E-state index in [2.05, 4.69) is 20.3 Å². The molecule has 6 nitrogen and oxygen atoms in total. The van der Waals surface area contributed by atoms with Crippen LogP contribution in [0.3, 0.4) is 0 Å². The van der Waals surface area contributed by atoms with Crippen LogP contribution in [0.2, 0.25) is 0 Å². The molecule has 1 aromatic carbocycles. The van der Waals surface area contributed by atoms with Crippen molar-refractivity contribution in [2.24, 2.45) is 0 Å². The van der Waals surface area contributed by atoms with E-state index in [1.807, 2.05) is 6.92 Å². The number of nitrogens with zero attached hydrogens (tertiary/aromatic N) is 5. The smallest absolute Gasteiger partial charge is 0.316 e. The summed E-state index contributed by atoms with van der Waals surface area (Å²) in [6, 6.07) is 5.10. The molecule has 0 spiro atoms. The highest BCUT2D eigenvalue weighted by molar-refractivity contribution is 5.40. The van der Waals surface area contributed by atoms with Crippen molar-refractivity contribution >= 4 is 0 Å². The highest BCUT2D eigenvalue weighted by Crippen LogP contribution is 2.16. The molecule has 0 fully saturated rings. The van der Waals surface area contributed by atoms with Crippen molar-refractivity contribution in [1.29, 1.82) is 0 Å². The van der Waals surface area contributed by atoms with Gasteiger partial charge in [-0.1, -0.05) is 11.3 Å². The quantitative estimate of drug-likeness (QED) is 0.740. The van der Waals surface area contributed by atoms with E-state index in [4.69, 9.17) is 4.74 Å². The summed E-state index contributed by atoms with van der Waals surface area (Å²) in [5.41, 5.74) is 2.72. The van der Waals surface area contributed by atoms with Crippen molar-refractivity contribution in [3.8, 4) is 11.7 Å². The Morgan fingerprint density at radius 2 is 1.95 bits per heavy atom. The fourth-order valence-electron chi connectivity index (χ4n) is 1.92. The Labute approximate surface area is 126 Å². The molecule has 3 aromatic rings. The van der Waals surface area contributed by atoms with Crippen molar-refractivity contribution in [3.05, 3.63) is 59.4 Å².